The van der Waals surface area contributed by atoms with Gasteiger partial charge in [0, 0.05) is 11.4 Å². The zero-order valence-electron chi connectivity index (χ0n) is 10.4. The molecule has 1 heterocycles. The zero-order chi connectivity index (χ0) is 12.1. The van der Waals surface area contributed by atoms with Crippen molar-refractivity contribution in [1.29, 1.82) is 0 Å². The minimum atomic E-state index is 0.127. The van der Waals surface area contributed by atoms with Crippen LogP contribution in [0.25, 0.3) is 0 Å². The van der Waals surface area contributed by atoms with E-state index in [1.54, 1.807) is 11.3 Å². The van der Waals surface area contributed by atoms with Crippen molar-refractivity contribution < 1.29 is 4.79 Å². The summed E-state index contributed by atoms with van der Waals surface area (Å²) in [7, 11) is 0. The number of amides is 1. The monoisotopic (exact) mass is 252 g/mol. The maximum atomic E-state index is 11.9. The van der Waals surface area contributed by atoms with Gasteiger partial charge in [-0.1, -0.05) is 25.7 Å². The van der Waals surface area contributed by atoms with Gasteiger partial charge in [0.2, 0.25) is 5.91 Å². The third-order valence-electron chi connectivity index (χ3n) is 3.23. The van der Waals surface area contributed by atoms with E-state index in [1.807, 2.05) is 12.3 Å². The zero-order valence-corrected chi connectivity index (χ0v) is 11.2. The molecule has 94 valence electrons. The summed E-state index contributed by atoms with van der Waals surface area (Å²) in [6.07, 6.45) is 7.85. The Morgan fingerprint density at radius 1 is 1.41 bits per heavy atom. The minimum absolute atomic E-state index is 0.127. The first-order valence-electron chi connectivity index (χ1n) is 6.44. The fraction of sp³-hybridized carbons (Fsp3) is 0.692. The lowest BCUT2D eigenvalue weighted by Crippen LogP contribution is -2.35. The fourth-order valence-electron chi connectivity index (χ4n) is 2.36. The normalized spacial score (nSPS) is 17.7. The van der Waals surface area contributed by atoms with E-state index < -0.39 is 0 Å². The molecule has 0 radical (unpaired) electrons. The first-order chi connectivity index (χ1) is 8.24. The number of hydrogen-bond donors (Lipinski definition) is 1. The molecule has 0 aromatic carbocycles. The third-order valence-corrected chi connectivity index (χ3v) is 4.05. The highest BCUT2D eigenvalue weighted by molar-refractivity contribution is 7.09. The second-order valence-electron chi connectivity index (χ2n) is 4.79. The van der Waals surface area contributed by atoms with E-state index in [1.165, 1.54) is 25.7 Å². The molecule has 0 spiro atoms. The molecule has 0 bridgehead atoms. The number of rotatable bonds is 3. The van der Waals surface area contributed by atoms with Crippen molar-refractivity contribution in [3.63, 3.8) is 0 Å². The van der Waals surface area contributed by atoms with Crippen molar-refractivity contribution in [3.05, 3.63) is 16.1 Å². The van der Waals surface area contributed by atoms with Gasteiger partial charge in [-0.25, -0.2) is 4.98 Å². The Kier molecular flexibility index (Phi) is 4.54. The number of hydrogen-bond acceptors (Lipinski definition) is 3. The predicted octanol–water partition coefficient (Wildman–Crippen LogP) is 2.83. The quantitative estimate of drug-likeness (QED) is 0.840. The molecule has 4 heteroatoms. The summed E-state index contributed by atoms with van der Waals surface area (Å²) in [4.78, 5) is 16.2. The molecule has 1 N–H and O–H groups in total. The van der Waals surface area contributed by atoms with Crippen LogP contribution in [-0.4, -0.2) is 16.9 Å². The van der Waals surface area contributed by atoms with Crippen molar-refractivity contribution in [1.82, 2.24) is 10.3 Å². The summed E-state index contributed by atoms with van der Waals surface area (Å²) in [6, 6.07) is 0.393. The van der Waals surface area contributed by atoms with E-state index in [2.05, 4.69) is 10.3 Å². The average molecular weight is 252 g/mol. The Labute approximate surface area is 107 Å². The van der Waals surface area contributed by atoms with E-state index in [9.17, 15) is 4.79 Å². The van der Waals surface area contributed by atoms with Gasteiger partial charge in [0.15, 0.2) is 0 Å². The fourth-order valence-corrected chi connectivity index (χ4v) is 2.97. The number of aryl methyl sites for hydroxylation is 1. The van der Waals surface area contributed by atoms with Crippen LogP contribution in [0.4, 0.5) is 0 Å². The molecule has 1 amide bonds. The highest BCUT2D eigenvalue weighted by atomic mass is 32.1. The molecular weight excluding hydrogens is 232 g/mol. The number of thiazole rings is 1. The van der Waals surface area contributed by atoms with Gasteiger partial charge in [0.1, 0.15) is 0 Å². The van der Waals surface area contributed by atoms with Crippen LogP contribution in [-0.2, 0) is 11.2 Å². The number of carbonyl (C=O) groups is 1. The van der Waals surface area contributed by atoms with Crippen LogP contribution in [0.15, 0.2) is 5.38 Å². The molecule has 1 saturated carbocycles. The Morgan fingerprint density at radius 2 is 2.12 bits per heavy atom. The molecule has 1 aliphatic carbocycles. The summed E-state index contributed by atoms with van der Waals surface area (Å²) in [5.41, 5.74) is 0.902. The molecular formula is C13H20N2OS. The molecule has 3 nitrogen and oxygen atoms in total. The number of nitrogens with zero attached hydrogens (tertiary/aromatic N) is 1. The highest BCUT2D eigenvalue weighted by Crippen LogP contribution is 2.17. The molecule has 0 unspecified atom stereocenters. The molecule has 2 rings (SSSR count). The van der Waals surface area contributed by atoms with Crippen LogP contribution in [0.5, 0.6) is 0 Å². The van der Waals surface area contributed by atoms with Crippen LogP contribution >= 0.6 is 11.3 Å². The smallest absolute Gasteiger partial charge is 0.226 e. The second-order valence-corrected chi connectivity index (χ2v) is 5.85. The van der Waals surface area contributed by atoms with Gasteiger partial charge in [-0.15, -0.1) is 11.3 Å². The number of carbonyl (C=O) groups excluding carboxylic acids is 1. The van der Waals surface area contributed by atoms with E-state index in [4.69, 9.17) is 0 Å². The van der Waals surface area contributed by atoms with Gasteiger partial charge in [-0.3, -0.25) is 4.79 Å². The van der Waals surface area contributed by atoms with Gasteiger partial charge in [-0.2, -0.15) is 0 Å². The van der Waals surface area contributed by atoms with Crippen molar-refractivity contribution in [2.24, 2.45) is 0 Å². The molecule has 1 aliphatic rings. The topological polar surface area (TPSA) is 42.0 Å². The largest absolute Gasteiger partial charge is 0.353 e. The Morgan fingerprint density at radius 3 is 2.71 bits per heavy atom. The van der Waals surface area contributed by atoms with Gasteiger partial charge in [0.25, 0.3) is 0 Å². The van der Waals surface area contributed by atoms with Gasteiger partial charge >= 0.3 is 0 Å². The van der Waals surface area contributed by atoms with E-state index in [-0.39, 0.29) is 5.91 Å². The average Bonchev–Trinajstić information content (AvgIpc) is 2.53. The molecule has 17 heavy (non-hydrogen) atoms. The van der Waals surface area contributed by atoms with Crippen molar-refractivity contribution in [3.8, 4) is 0 Å². The van der Waals surface area contributed by atoms with Gasteiger partial charge < -0.3 is 5.32 Å². The SMILES string of the molecule is Cc1nc(CC(=O)NC2CCCCCC2)cs1. The lowest BCUT2D eigenvalue weighted by Gasteiger charge is -2.15. The first kappa shape index (κ1) is 12.6. The molecule has 0 saturated heterocycles. The summed E-state index contributed by atoms with van der Waals surface area (Å²) >= 11 is 1.60. The summed E-state index contributed by atoms with van der Waals surface area (Å²) < 4.78 is 0. The maximum Gasteiger partial charge on any atom is 0.226 e. The predicted molar refractivity (Wildman–Crippen MR) is 70.2 cm³/mol. The minimum Gasteiger partial charge on any atom is -0.353 e. The lowest BCUT2D eigenvalue weighted by atomic mass is 10.1. The standard InChI is InChI=1S/C13H20N2OS/c1-10-14-12(9-17-10)8-13(16)15-11-6-4-2-3-5-7-11/h9,11H,2-8H2,1H3,(H,15,16). The van der Waals surface area contributed by atoms with Gasteiger partial charge in [0.05, 0.1) is 17.1 Å². The van der Waals surface area contributed by atoms with Crippen molar-refractivity contribution in [2.45, 2.75) is 57.9 Å². The van der Waals surface area contributed by atoms with Gasteiger partial charge in [-0.05, 0) is 19.8 Å². The number of nitrogens with one attached hydrogen (secondary N) is 1. The molecule has 1 aromatic rings. The third kappa shape index (κ3) is 4.11. The number of aromatic nitrogens is 1. The van der Waals surface area contributed by atoms with Crippen LogP contribution in [0, 0.1) is 6.92 Å². The molecule has 0 atom stereocenters. The highest BCUT2D eigenvalue weighted by Gasteiger charge is 2.15. The summed E-state index contributed by atoms with van der Waals surface area (Å²) in [5.74, 6) is 0.127. The lowest BCUT2D eigenvalue weighted by molar-refractivity contribution is -0.121. The van der Waals surface area contributed by atoms with E-state index in [0.29, 0.717) is 12.5 Å². The van der Waals surface area contributed by atoms with Crippen LogP contribution in [0.3, 0.4) is 0 Å². The Hall–Kier alpha value is -0.900. The second kappa shape index (κ2) is 6.15. The molecule has 1 aromatic heterocycles. The van der Waals surface area contributed by atoms with Crippen LogP contribution < -0.4 is 5.32 Å². The first-order valence-corrected chi connectivity index (χ1v) is 7.32. The van der Waals surface area contributed by atoms with E-state index >= 15 is 0 Å². The maximum absolute atomic E-state index is 11.9. The van der Waals surface area contributed by atoms with Crippen LogP contribution in [0.2, 0.25) is 0 Å². The Bertz CT molecular complexity index is 367. The van der Waals surface area contributed by atoms with Crippen LogP contribution in [0.1, 0.15) is 49.2 Å². The van der Waals surface area contributed by atoms with E-state index in [0.717, 1.165) is 23.5 Å². The van der Waals surface area contributed by atoms with Crippen molar-refractivity contribution >= 4 is 17.2 Å². The summed E-state index contributed by atoms with van der Waals surface area (Å²) in [6.45, 7) is 1.97. The summed E-state index contributed by atoms with van der Waals surface area (Å²) in [5, 5.41) is 6.15. The molecule has 0 aliphatic heterocycles. The van der Waals surface area contributed by atoms with Crippen molar-refractivity contribution in [2.75, 3.05) is 0 Å². The molecule has 1 fully saturated rings. The Balaban J connectivity index is 1.80.